The van der Waals surface area contributed by atoms with Gasteiger partial charge in [-0.3, -0.25) is 4.98 Å². The molecular weight excluding hydrogens is 306 g/mol. The third kappa shape index (κ3) is 2.04. The zero-order chi connectivity index (χ0) is 9.97. The summed E-state index contributed by atoms with van der Waals surface area (Å²) in [6.45, 7) is 0. The first-order valence-corrected chi connectivity index (χ1v) is 5.72. The van der Waals surface area contributed by atoms with Crippen LogP contribution in [0.4, 0.5) is 0 Å². The molecule has 0 N–H and O–H groups in total. The van der Waals surface area contributed by atoms with E-state index in [1.54, 1.807) is 6.20 Å². The van der Waals surface area contributed by atoms with Crippen LogP contribution < -0.4 is 0 Å². The van der Waals surface area contributed by atoms with Crippen LogP contribution in [0.25, 0.3) is 11.3 Å². The maximum Gasteiger partial charge on any atom is 0.0702 e. The molecule has 0 saturated carbocycles. The second kappa shape index (κ2) is 4.24. The Labute approximate surface area is 99.4 Å². The Bertz CT molecular complexity index is 440. The molecule has 1 aromatic heterocycles. The van der Waals surface area contributed by atoms with Crippen LogP contribution >= 0.6 is 31.9 Å². The summed E-state index contributed by atoms with van der Waals surface area (Å²) in [5, 5.41) is 0. The van der Waals surface area contributed by atoms with E-state index >= 15 is 0 Å². The molecule has 0 aliphatic carbocycles. The first kappa shape index (κ1) is 9.87. The van der Waals surface area contributed by atoms with Crippen molar-refractivity contribution >= 4 is 31.9 Å². The number of halogens is 2. The molecule has 1 heterocycles. The van der Waals surface area contributed by atoms with Gasteiger partial charge in [0.15, 0.2) is 0 Å². The molecule has 0 amide bonds. The SMILES string of the molecule is Brc1ccc(-c2ccccn2)cc1Br. The van der Waals surface area contributed by atoms with Crippen molar-refractivity contribution in [1.82, 2.24) is 4.98 Å². The lowest BCUT2D eigenvalue weighted by Crippen LogP contribution is -1.81. The van der Waals surface area contributed by atoms with E-state index in [1.165, 1.54) is 0 Å². The van der Waals surface area contributed by atoms with Gasteiger partial charge in [-0.05, 0) is 56.1 Å². The van der Waals surface area contributed by atoms with Crippen LogP contribution in [0.2, 0.25) is 0 Å². The predicted molar refractivity (Wildman–Crippen MR) is 65.1 cm³/mol. The minimum absolute atomic E-state index is 0.987. The molecule has 2 rings (SSSR count). The molecule has 3 heteroatoms. The maximum atomic E-state index is 4.28. The van der Waals surface area contributed by atoms with Crippen molar-refractivity contribution in [3.63, 3.8) is 0 Å². The number of aromatic nitrogens is 1. The van der Waals surface area contributed by atoms with Gasteiger partial charge in [-0.25, -0.2) is 0 Å². The van der Waals surface area contributed by atoms with E-state index in [0.29, 0.717) is 0 Å². The molecule has 0 bridgehead atoms. The molecule has 1 nitrogen and oxygen atoms in total. The number of pyridine rings is 1. The fourth-order valence-corrected chi connectivity index (χ4v) is 1.81. The molecule has 0 spiro atoms. The zero-order valence-corrected chi connectivity index (χ0v) is 10.4. The van der Waals surface area contributed by atoms with Gasteiger partial charge in [-0.1, -0.05) is 12.1 Å². The van der Waals surface area contributed by atoms with Crippen molar-refractivity contribution in [3.8, 4) is 11.3 Å². The quantitative estimate of drug-likeness (QED) is 0.766. The van der Waals surface area contributed by atoms with Crippen molar-refractivity contribution in [1.29, 1.82) is 0 Å². The second-order valence-electron chi connectivity index (χ2n) is 2.84. The lowest BCUT2D eigenvalue weighted by atomic mass is 10.1. The standard InChI is InChI=1S/C11H7Br2N/c12-9-5-4-8(7-10(9)13)11-3-1-2-6-14-11/h1-7H. The summed E-state index contributed by atoms with van der Waals surface area (Å²) in [7, 11) is 0. The highest BCUT2D eigenvalue weighted by molar-refractivity contribution is 9.13. The first-order chi connectivity index (χ1) is 6.77. The number of hydrogen-bond acceptors (Lipinski definition) is 1. The van der Waals surface area contributed by atoms with E-state index in [2.05, 4.69) is 36.8 Å². The molecular formula is C11H7Br2N. The summed E-state index contributed by atoms with van der Waals surface area (Å²) in [4.78, 5) is 4.28. The fraction of sp³-hybridized carbons (Fsp3) is 0. The number of nitrogens with zero attached hydrogens (tertiary/aromatic N) is 1. The zero-order valence-electron chi connectivity index (χ0n) is 7.24. The van der Waals surface area contributed by atoms with E-state index in [1.807, 2.05) is 36.4 Å². The van der Waals surface area contributed by atoms with Gasteiger partial charge in [-0.2, -0.15) is 0 Å². The number of benzene rings is 1. The van der Waals surface area contributed by atoms with Crippen LogP contribution in [0.15, 0.2) is 51.5 Å². The van der Waals surface area contributed by atoms with Crippen molar-refractivity contribution in [3.05, 3.63) is 51.5 Å². The van der Waals surface area contributed by atoms with E-state index in [-0.39, 0.29) is 0 Å². The Morgan fingerprint density at radius 2 is 1.79 bits per heavy atom. The summed E-state index contributed by atoms with van der Waals surface area (Å²) in [5.74, 6) is 0. The van der Waals surface area contributed by atoms with Crippen molar-refractivity contribution in [2.75, 3.05) is 0 Å². The summed E-state index contributed by atoms with van der Waals surface area (Å²) in [5.41, 5.74) is 2.10. The molecule has 0 unspecified atom stereocenters. The predicted octanol–water partition coefficient (Wildman–Crippen LogP) is 4.27. The highest BCUT2D eigenvalue weighted by atomic mass is 79.9. The highest BCUT2D eigenvalue weighted by Crippen LogP contribution is 2.27. The third-order valence-electron chi connectivity index (χ3n) is 1.88. The molecule has 0 radical (unpaired) electrons. The minimum atomic E-state index is 0.987. The molecule has 1 aromatic carbocycles. The molecule has 0 atom stereocenters. The maximum absolute atomic E-state index is 4.28. The average Bonchev–Trinajstić information content (AvgIpc) is 2.23. The van der Waals surface area contributed by atoms with Crippen LogP contribution in [-0.4, -0.2) is 4.98 Å². The topological polar surface area (TPSA) is 12.9 Å². The van der Waals surface area contributed by atoms with Crippen LogP contribution in [0.5, 0.6) is 0 Å². The Morgan fingerprint density at radius 1 is 0.929 bits per heavy atom. The van der Waals surface area contributed by atoms with E-state index in [9.17, 15) is 0 Å². The average molecular weight is 313 g/mol. The van der Waals surface area contributed by atoms with Crippen LogP contribution in [0.1, 0.15) is 0 Å². The monoisotopic (exact) mass is 311 g/mol. The Hall–Kier alpha value is -0.670. The molecule has 0 aliphatic heterocycles. The fourth-order valence-electron chi connectivity index (χ4n) is 1.19. The van der Waals surface area contributed by atoms with Gasteiger partial charge >= 0.3 is 0 Å². The van der Waals surface area contributed by atoms with Gasteiger partial charge in [0.1, 0.15) is 0 Å². The number of hydrogen-bond donors (Lipinski definition) is 0. The lowest BCUT2D eigenvalue weighted by molar-refractivity contribution is 1.32. The molecule has 70 valence electrons. The van der Waals surface area contributed by atoms with Gasteiger partial charge in [0.2, 0.25) is 0 Å². The molecule has 14 heavy (non-hydrogen) atoms. The normalized spacial score (nSPS) is 10.1. The molecule has 0 fully saturated rings. The van der Waals surface area contributed by atoms with E-state index < -0.39 is 0 Å². The minimum Gasteiger partial charge on any atom is -0.256 e. The van der Waals surface area contributed by atoms with Gasteiger partial charge in [0.05, 0.1) is 5.69 Å². The largest absolute Gasteiger partial charge is 0.256 e. The highest BCUT2D eigenvalue weighted by Gasteiger charge is 2.01. The third-order valence-corrected chi connectivity index (χ3v) is 3.76. The van der Waals surface area contributed by atoms with E-state index in [4.69, 9.17) is 0 Å². The van der Waals surface area contributed by atoms with Gasteiger partial charge in [-0.15, -0.1) is 0 Å². The van der Waals surface area contributed by atoms with E-state index in [0.717, 1.165) is 20.2 Å². The van der Waals surface area contributed by atoms with Gasteiger partial charge in [0, 0.05) is 20.7 Å². The van der Waals surface area contributed by atoms with Crippen molar-refractivity contribution in [2.24, 2.45) is 0 Å². The van der Waals surface area contributed by atoms with Crippen molar-refractivity contribution < 1.29 is 0 Å². The molecule has 0 saturated heterocycles. The summed E-state index contributed by atoms with van der Waals surface area (Å²) in [6.07, 6.45) is 1.80. The Morgan fingerprint density at radius 3 is 2.43 bits per heavy atom. The Kier molecular flexibility index (Phi) is 2.99. The van der Waals surface area contributed by atoms with Gasteiger partial charge in [0.25, 0.3) is 0 Å². The molecule has 0 aliphatic rings. The summed E-state index contributed by atoms with van der Waals surface area (Å²) in [6, 6.07) is 12.0. The van der Waals surface area contributed by atoms with Crippen LogP contribution in [0.3, 0.4) is 0 Å². The second-order valence-corrected chi connectivity index (χ2v) is 4.55. The molecule has 2 aromatic rings. The number of rotatable bonds is 1. The van der Waals surface area contributed by atoms with Crippen LogP contribution in [0, 0.1) is 0 Å². The van der Waals surface area contributed by atoms with Gasteiger partial charge < -0.3 is 0 Å². The lowest BCUT2D eigenvalue weighted by Gasteiger charge is -2.02. The Balaban J connectivity index is 2.48. The summed E-state index contributed by atoms with van der Waals surface area (Å²) < 4.78 is 2.10. The van der Waals surface area contributed by atoms with Crippen molar-refractivity contribution in [2.45, 2.75) is 0 Å². The first-order valence-electron chi connectivity index (χ1n) is 4.14. The van der Waals surface area contributed by atoms with Crippen LogP contribution in [-0.2, 0) is 0 Å². The summed E-state index contributed by atoms with van der Waals surface area (Å²) >= 11 is 6.90. The smallest absolute Gasteiger partial charge is 0.0702 e.